The predicted octanol–water partition coefficient (Wildman–Crippen LogP) is 3.11. The van der Waals surface area contributed by atoms with Crippen LogP contribution in [0.3, 0.4) is 0 Å². The van der Waals surface area contributed by atoms with Crippen LogP contribution < -0.4 is 10.9 Å². The van der Waals surface area contributed by atoms with Crippen molar-refractivity contribution in [1.82, 2.24) is 19.7 Å². The van der Waals surface area contributed by atoms with Gasteiger partial charge in [0.15, 0.2) is 0 Å². The van der Waals surface area contributed by atoms with Crippen LogP contribution in [-0.4, -0.2) is 57.8 Å². The number of pyridine rings is 1. The Kier molecular flexibility index (Phi) is 9.43. The second kappa shape index (κ2) is 12.7. The molecule has 12 heteroatoms. The number of hydrogen-bond acceptors (Lipinski definition) is 7. The molecule has 1 saturated heterocycles. The standard InChI is InChI=1S/C23H18ClFN6O4.C2H6/c24-17-2-1-14(10-18(17)25)19-3-4-22(33)31(29-19)13-21(32)28-20-11-15(9-16(12-26)27-20)23(34)30-5-7-35-8-6-30;1-2/h1-4,9-11H,5-8,13H2,(H,27,28,32);1-2H3. The molecule has 0 radical (unpaired) electrons. The van der Waals surface area contributed by atoms with Crippen molar-refractivity contribution in [2.45, 2.75) is 20.4 Å². The molecule has 1 aromatic carbocycles. The summed E-state index contributed by atoms with van der Waals surface area (Å²) in [5.74, 6) is -1.64. The van der Waals surface area contributed by atoms with Crippen molar-refractivity contribution in [1.29, 1.82) is 5.26 Å². The minimum Gasteiger partial charge on any atom is -0.378 e. The number of benzene rings is 1. The van der Waals surface area contributed by atoms with E-state index in [1.807, 2.05) is 19.9 Å². The Bertz CT molecular complexity index is 1400. The lowest BCUT2D eigenvalue weighted by Gasteiger charge is -2.27. The van der Waals surface area contributed by atoms with Crippen molar-refractivity contribution in [2.24, 2.45) is 0 Å². The molecule has 1 aliphatic heterocycles. The quantitative estimate of drug-likeness (QED) is 0.540. The Morgan fingerprint density at radius 2 is 1.89 bits per heavy atom. The summed E-state index contributed by atoms with van der Waals surface area (Å²) in [5, 5.41) is 15.9. The molecule has 1 aliphatic rings. The van der Waals surface area contributed by atoms with Crippen LogP contribution in [0.2, 0.25) is 5.02 Å². The number of anilines is 1. The lowest BCUT2D eigenvalue weighted by Crippen LogP contribution is -2.40. The van der Waals surface area contributed by atoms with Crippen LogP contribution in [0.1, 0.15) is 29.9 Å². The van der Waals surface area contributed by atoms with Crippen molar-refractivity contribution < 1.29 is 18.7 Å². The lowest BCUT2D eigenvalue weighted by atomic mass is 10.1. The molecule has 2 amide bonds. The first-order valence-electron chi connectivity index (χ1n) is 11.5. The average molecular weight is 527 g/mol. The first-order chi connectivity index (χ1) is 17.8. The number of nitriles is 1. The van der Waals surface area contributed by atoms with Gasteiger partial charge < -0.3 is 15.0 Å². The molecular formula is C25H24ClFN6O4. The number of amides is 2. The van der Waals surface area contributed by atoms with E-state index in [2.05, 4.69) is 15.4 Å². The second-order valence-corrected chi connectivity index (χ2v) is 7.94. The summed E-state index contributed by atoms with van der Waals surface area (Å²) in [6, 6.07) is 11.2. The minimum absolute atomic E-state index is 0.0189. The Morgan fingerprint density at radius 1 is 1.16 bits per heavy atom. The summed E-state index contributed by atoms with van der Waals surface area (Å²) in [7, 11) is 0. The van der Waals surface area contributed by atoms with Crippen LogP contribution in [0.15, 0.2) is 47.3 Å². The topological polar surface area (TPSA) is 130 Å². The van der Waals surface area contributed by atoms with E-state index in [-0.39, 0.29) is 33.7 Å². The molecule has 3 heterocycles. The number of aromatic nitrogens is 3. The third-order valence-electron chi connectivity index (χ3n) is 5.13. The van der Waals surface area contributed by atoms with Gasteiger partial charge in [0.25, 0.3) is 11.5 Å². The Balaban J connectivity index is 0.00000186. The molecule has 10 nitrogen and oxygen atoms in total. The summed E-state index contributed by atoms with van der Waals surface area (Å²) < 4.78 is 20.0. The van der Waals surface area contributed by atoms with Crippen LogP contribution in [-0.2, 0) is 16.1 Å². The van der Waals surface area contributed by atoms with Crippen molar-refractivity contribution >= 4 is 29.2 Å². The molecule has 192 valence electrons. The zero-order valence-corrected chi connectivity index (χ0v) is 21.0. The monoisotopic (exact) mass is 526 g/mol. The summed E-state index contributed by atoms with van der Waals surface area (Å²) in [5.41, 5.74) is 0.212. The van der Waals surface area contributed by atoms with Crippen LogP contribution >= 0.6 is 11.6 Å². The van der Waals surface area contributed by atoms with E-state index in [1.54, 1.807) is 4.90 Å². The average Bonchev–Trinajstić information content (AvgIpc) is 2.92. The number of carbonyl (C=O) groups excluding carboxylic acids is 2. The highest BCUT2D eigenvalue weighted by Gasteiger charge is 2.20. The molecule has 4 rings (SSSR count). The van der Waals surface area contributed by atoms with E-state index in [4.69, 9.17) is 16.3 Å². The van der Waals surface area contributed by atoms with Gasteiger partial charge >= 0.3 is 0 Å². The van der Waals surface area contributed by atoms with Crippen LogP contribution in [0.25, 0.3) is 11.3 Å². The zero-order valence-electron chi connectivity index (χ0n) is 20.2. The van der Waals surface area contributed by atoms with Crippen molar-refractivity contribution in [3.8, 4) is 17.3 Å². The van der Waals surface area contributed by atoms with E-state index < -0.39 is 23.8 Å². The van der Waals surface area contributed by atoms with Crippen LogP contribution in [0, 0.1) is 17.1 Å². The molecule has 0 bridgehead atoms. The third kappa shape index (κ3) is 6.97. The molecule has 0 atom stereocenters. The number of hydrogen-bond donors (Lipinski definition) is 1. The molecule has 0 aliphatic carbocycles. The summed E-state index contributed by atoms with van der Waals surface area (Å²) in [6.45, 7) is 5.16. The van der Waals surface area contributed by atoms with Gasteiger partial charge in [0.05, 0.1) is 23.9 Å². The zero-order chi connectivity index (χ0) is 26.9. The smallest absolute Gasteiger partial charge is 0.267 e. The largest absolute Gasteiger partial charge is 0.378 e. The molecule has 0 unspecified atom stereocenters. The minimum atomic E-state index is -0.661. The van der Waals surface area contributed by atoms with Gasteiger partial charge in [-0.2, -0.15) is 10.4 Å². The van der Waals surface area contributed by atoms with E-state index in [0.29, 0.717) is 31.9 Å². The highest BCUT2D eigenvalue weighted by Crippen LogP contribution is 2.22. The number of ether oxygens (including phenoxy) is 1. The number of morpholine rings is 1. The number of nitrogens with one attached hydrogen (secondary N) is 1. The Hall–Kier alpha value is -4.14. The van der Waals surface area contributed by atoms with Crippen molar-refractivity contribution in [3.63, 3.8) is 0 Å². The van der Waals surface area contributed by atoms with E-state index in [0.717, 1.165) is 4.68 Å². The summed E-state index contributed by atoms with van der Waals surface area (Å²) in [4.78, 5) is 43.3. The van der Waals surface area contributed by atoms with Crippen LogP contribution in [0.4, 0.5) is 10.2 Å². The molecule has 2 aromatic heterocycles. The molecule has 3 aromatic rings. The maximum atomic E-state index is 13.8. The fraction of sp³-hybridized carbons (Fsp3) is 0.280. The van der Waals surface area contributed by atoms with Gasteiger partial charge in [0.2, 0.25) is 5.91 Å². The van der Waals surface area contributed by atoms with E-state index in [1.165, 1.54) is 42.5 Å². The van der Waals surface area contributed by atoms with Gasteiger partial charge in [-0.25, -0.2) is 14.1 Å². The maximum absolute atomic E-state index is 13.8. The molecule has 1 N–H and O–H groups in total. The van der Waals surface area contributed by atoms with E-state index in [9.17, 15) is 24.0 Å². The normalized spacial score (nSPS) is 12.7. The molecule has 0 saturated carbocycles. The third-order valence-corrected chi connectivity index (χ3v) is 5.43. The molecule has 0 spiro atoms. The number of nitrogens with zero attached hydrogens (tertiary/aromatic N) is 5. The lowest BCUT2D eigenvalue weighted by molar-refractivity contribution is -0.117. The van der Waals surface area contributed by atoms with Gasteiger partial charge in [0, 0.05) is 30.3 Å². The fourth-order valence-corrected chi connectivity index (χ4v) is 3.53. The van der Waals surface area contributed by atoms with E-state index >= 15 is 0 Å². The molecule has 1 fully saturated rings. The number of carbonyl (C=O) groups is 2. The van der Waals surface area contributed by atoms with Gasteiger partial charge in [-0.05, 0) is 30.3 Å². The van der Waals surface area contributed by atoms with Crippen molar-refractivity contribution in [2.75, 3.05) is 31.6 Å². The Labute approximate surface area is 217 Å². The SMILES string of the molecule is CC.N#Cc1cc(C(=O)N2CCOCC2)cc(NC(=O)Cn2nc(-c3ccc(Cl)c(F)c3)ccc2=O)n1. The Morgan fingerprint density at radius 3 is 2.57 bits per heavy atom. The highest BCUT2D eigenvalue weighted by molar-refractivity contribution is 6.30. The maximum Gasteiger partial charge on any atom is 0.267 e. The molecule has 37 heavy (non-hydrogen) atoms. The van der Waals surface area contributed by atoms with Gasteiger partial charge in [0.1, 0.15) is 29.9 Å². The fourth-order valence-electron chi connectivity index (χ4n) is 3.41. The first-order valence-corrected chi connectivity index (χ1v) is 11.8. The first kappa shape index (κ1) is 27.4. The summed E-state index contributed by atoms with van der Waals surface area (Å²) in [6.07, 6.45) is 0. The van der Waals surface area contributed by atoms with Gasteiger partial charge in [-0.1, -0.05) is 31.5 Å². The predicted molar refractivity (Wildman–Crippen MR) is 135 cm³/mol. The number of rotatable bonds is 5. The molecular weight excluding hydrogens is 503 g/mol. The number of halogens is 2. The van der Waals surface area contributed by atoms with Gasteiger partial charge in [-0.15, -0.1) is 0 Å². The van der Waals surface area contributed by atoms with Gasteiger partial charge in [-0.3, -0.25) is 14.4 Å². The second-order valence-electron chi connectivity index (χ2n) is 7.53. The highest BCUT2D eigenvalue weighted by atomic mass is 35.5. The summed E-state index contributed by atoms with van der Waals surface area (Å²) >= 11 is 5.71. The van der Waals surface area contributed by atoms with Crippen molar-refractivity contribution in [3.05, 3.63) is 74.9 Å². The van der Waals surface area contributed by atoms with Crippen LogP contribution in [0.5, 0.6) is 0 Å².